The Balaban J connectivity index is 1.96. The number of nitrogens with one attached hydrogen (secondary N) is 1. The number of pyridine rings is 1. The van der Waals surface area contributed by atoms with Crippen molar-refractivity contribution < 1.29 is 14.7 Å². The molecule has 0 aliphatic carbocycles. The summed E-state index contributed by atoms with van der Waals surface area (Å²) in [5, 5.41) is 12.3. The predicted molar refractivity (Wildman–Crippen MR) is 78.7 cm³/mol. The van der Waals surface area contributed by atoms with Gasteiger partial charge >= 0.3 is 5.97 Å². The molecule has 5 nitrogen and oxygen atoms in total. The van der Waals surface area contributed by atoms with Gasteiger partial charge in [0.25, 0.3) is 5.91 Å². The van der Waals surface area contributed by atoms with Gasteiger partial charge in [-0.1, -0.05) is 23.7 Å². The Labute approximate surface area is 126 Å². The number of nitrogens with zero attached hydrogens (tertiary/aromatic N) is 1. The minimum absolute atomic E-state index is 0.0823. The largest absolute Gasteiger partial charge is 0.478 e. The smallest absolute Gasteiger partial charge is 0.338 e. The van der Waals surface area contributed by atoms with E-state index >= 15 is 0 Å². The Morgan fingerprint density at radius 2 is 1.90 bits per heavy atom. The van der Waals surface area contributed by atoms with Gasteiger partial charge in [-0.2, -0.15) is 0 Å². The zero-order valence-electron chi connectivity index (χ0n) is 11.0. The fourth-order valence-corrected chi connectivity index (χ4v) is 1.94. The number of carboxylic acids is 1. The van der Waals surface area contributed by atoms with Gasteiger partial charge < -0.3 is 10.4 Å². The van der Waals surface area contributed by atoms with Crippen molar-refractivity contribution in [3.05, 3.63) is 64.4 Å². The number of aromatic carboxylic acids is 1. The van der Waals surface area contributed by atoms with Gasteiger partial charge in [-0.25, -0.2) is 4.79 Å². The molecule has 0 unspecified atom stereocenters. The molecule has 21 heavy (non-hydrogen) atoms. The molecule has 0 saturated heterocycles. The molecule has 0 spiro atoms. The van der Waals surface area contributed by atoms with Gasteiger partial charge in [0.15, 0.2) is 0 Å². The van der Waals surface area contributed by atoms with E-state index in [1.54, 1.807) is 12.1 Å². The number of hydrogen-bond acceptors (Lipinski definition) is 3. The van der Waals surface area contributed by atoms with E-state index in [0.29, 0.717) is 18.0 Å². The molecule has 0 bridgehead atoms. The van der Waals surface area contributed by atoms with Crippen LogP contribution in [0.1, 0.15) is 26.4 Å². The van der Waals surface area contributed by atoms with E-state index in [1.807, 2.05) is 12.1 Å². The van der Waals surface area contributed by atoms with Crippen LogP contribution in [-0.2, 0) is 6.42 Å². The molecule has 0 saturated carbocycles. The van der Waals surface area contributed by atoms with E-state index in [0.717, 1.165) is 5.56 Å². The van der Waals surface area contributed by atoms with E-state index in [-0.39, 0.29) is 11.3 Å². The zero-order valence-corrected chi connectivity index (χ0v) is 11.8. The van der Waals surface area contributed by atoms with Crippen LogP contribution >= 0.6 is 11.6 Å². The second-order valence-corrected chi connectivity index (χ2v) is 4.77. The van der Waals surface area contributed by atoms with Crippen LogP contribution in [0.3, 0.4) is 0 Å². The summed E-state index contributed by atoms with van der Waals surface area (Å²) in [4.78, 5) is 26.8. The molecule has 0 fully saturated rings. The Kier molecular flexibility index (Phi) is 4.90. The third kappa shape index (κ3) is 4.03. The highest BCUT2D eigenvalue weighted by atomic mass is 35.5. The molecule has 0 atom stereocenters. The van der Waals surface area contributed by atoms with Gasteiger partial charge in [0.1, 0.15) is 5.69 Å². The van der Waals surface area contributed by atoms with Crippen LogP contribution in [0, 0.1) is 0 Å². The first-order chi connectivity index (χ1) is 10.1. The average molecular weight is 305 g/mol. The van der Waals surface area contributed by atoms with Crippen molar-refractivity contribution in [3.8, 4) is 0 Å². The number of amides is 1. The van der Waals surface area contributed by atoms with Gasteiger partial charge in [0.05, 0.1) is 5.56 Å². The fraction of sp³-hybridized carbons (Fsp3) is 0.133. The molecular weight excluding hydrogens is 292 g/mol. The standard InChI is InChI=1S/C15H13ClN2O3/c16-11-5-3-10(4-6-11)7-9-18-14(19)13-12(15(20)21)2-1-8-17-13/h1-6,8H,7,9H2,(H,18,19)(H,20,21). The van der Waals surface area contributed by atoms with E-state index in [9.17, 15) is 9.59 Å². The van der Waals surface area contributed by atoms with Crippen molar-refractivity contribution in [1.82, 2.24) is 10.3 Å². The second-order valence-electron chi connectivity index (χ2n) is 4.34. The minimum atomic E-state index is -1.18. The van der Waals surface area contributed by atoms with Crippen molar-refractivity contribution in [3.63, 3.8) is 0 Å². The summed E-state index contributed by atoms with van der Waals surface area (Å²) in [7, 11) is 0. The number of aromatic nitrogens is 1. The molecule has 0 aliphatic heterocycles. The lowest BCUT2D eigenvalue weighted by Gasteiger charge is -2.07. The third-order valence-electron chi connectivity index (χ3n) is 2.87. The molecule has 2 N–H and O–H groups in total. The first-order valence-corrected chi connectivity index (χ1v) is 6.66. The van der Waals surface area contributed by atoms with Crippen molar-refractivity contribution in [2.45, 2.75) is 6.42 Å². The maximum absolute atomic E-state index is 12.0. The van der Waals surface area contributed by atoms with E-state index in [2.05, 4.69) is 10.3 Å². The van der Waals surface area contributed by atoms with Gasteiger partial charge in [-0.15, -0.1) is 0 Å². The molecular formula is C15H13ClN2O3. The molecule has 108 valence electrons. The molecule has 1 aromatic carbocycles. The predicted octanol–water partition coefficient (Wildman–Crippen LogP) is 2.41. The molecule has 1 amide bonds. The maximum Gasteiger partial charge on any atom is 0.338 e. The van der Waals surface area contributed by atoms with Crippen LogP contribution in [0.2, 0.25) is 5.02 Å². The van der Waals surface area contributed by atoms with Crippen LogP contribution in [0.4, 0.5) is 0 Å². The Morgan fingerprint density at radius 3 is 2.57 bits per heavy atom. The number of halogens is 1. The number of rotatable bonds is 5. The highest BCUT2D eigenvalue weighted by Gasteiger charge is 2.16. The van der Waals surface area contributed by atoms with Crippen LogP contribution < -0.4 is 5.32 Å². The molecule has 1 aromatic heterocycles. The topological polar surface area (TPSA) is 79.3 Å². The summed E-state index contributed by atoms with van der Waals surface area (Å²) in [5.41, 5.74) is 0.835. The van der Waals surface area contributed by atoms with Crippen LogP contribution in [0.15, 0.2) is 42.6 Å². The van der Waals surface area contributed by atoms with E-state index in [4.69, 9.17) is 16.7 Å². The maximum atomic E-state index is 12.0. The lowest BCUT2D eigenvalue weighted by molar-refractivity contribution is 0.0690. The Morgan fingerprint density at radius 1 is 1.19 bits per heavy atom. The summed E-state index contributed by atoms with van der Waals surface area (Å²) in [5.74, 6) is -1.67. The van der Waals surface area contributed by atoms with Gasteiger partial charge in [-0.3, -0.25) is 9.78 Å². The first-order valence-electron chi connectivity index (χ1n) is 6.29. The van der Waals surface area contributed by atoms with Crippen LogP contribution in [0.25, 0.3) is 0 Å². The average Bonchev–Trinajstić information content (AvgIpc) is 2.49. The number of benzene rings is 1. The van der Waals surface area contributed by atoms with Gasteiger partial charge in [-0.05, 0) is 36.2 Å². The van der Waals surface area contributed by atoms with Gasteiger partial charge in [0, 0.05) is 17.8 Å². The SMILES string of the molecule is O=C(O)c1cccnc1C(=O)NCCc1ccc(Cl)cc1. The highest BCUT2D eigenvalue weighted by Crippen LogP contribution is 2.10. The quantitative estimate of drug-likeness (QED) is 0.889. The lowest BCUT2D eigenvalue weighted by Crippen LogP contribution is -2.28. The summed E-state index contributed by atoms with van der Waals surface area (Å²) < 4.78 is 0. The van der Waals surface area contributed by atoms with E-state index in [1.165, 1.54) is 18.3 Å². The molecule has 0 aliphatic rings. The number of hydrogen-bond donors (Lipinski definition) is 2. The minimum Gasteiger partial charge on any atom is -0.478 e. The van der Waals surface area contributed by atoms with E-state index < -0.39 is 11.9 Å². The third-order valence-corrected chi connectivity index (χ3v) is 3.12. The number of carbonyl (C=O) groups excluding carboxylic acids is 1. The summed E-state index contributed by atoms with van der Waals surface area (Å²) in [6.45, 7) is 0.385. The van der Waals surface area contributed by atoms with Crippen molar-refractivity contribution >= 4 is 23.5 Å². The molecule has 1 heterocycles. The van der Waals surface area contributed by atoms with Crippen molar-refractivity contribution in [2.24, 2.45) is 0 Å². The Bertz CT molecular complexity index is 656. The van der Waals surface area contributed by atoms with Gasteiger partial charge in [0.2, 0.25) is 0 Å². The van der Waals surface area contributed by atoms with Crippen molar-refractivity contribution in [2.75, 3.05) is 6.54 Å². The molecule has 2 aromatic rings. The zero-order chi connectivity index (χ0) is 15.2. The first kappa shape index (κ1) is 15.0. The van der Waals surface area contributed by atoms with Crippen molar-refractivity contribution in [1.29, 1.82) is 0 Å². The summed E-state index contributed by atoms with van der Waals surface area (Å²) in [6.07, 6.45) is 2.01. The van der Waals surface area contributed by atoms with Crippen LogP contribution in [-0.4, -0.2) is 28.5 Å². The highest BCUT2D eigenvalue weighted by molar-refractivity contribution is 6.30. The second kappa shape index (κ2) is 6.85. The lowest BCUT2D eigenvalue weighted by atomic mass is 10.1. The van der Waals surface area contributed by atoms with Crippen LogP contribution in [0.5, 0.6) is 0 Å². The molecule has 0 radical (unpaired) electrons. The summed E-state index contributed by atoms with van der Waals surface area (Å²) >= 11 is 5.79. The summed E-state index contributed by atoms with van der Waals surface area (Å²) in [6, 6.07) is 10.1. The molecule has 2 rings (SSSR count). The monoisotopic (exact) mass is 304 g/mol. The number of carbonyl (C=O) groups is 2. The fourth-order valence-electron chi connectivity index (χ4n) is 1.81. The Hall–Kier alpha value is -2.40. The molecule has 6 heteroatoms. The normalized spacial score (nSPS) is 10.1. The number of carboxylic acid groups (broad SMARTS) is 1.